The van der Waals surface area contributed by atoms with Gasteiger partial charge in [-0.3, -0.25) is 4.79 Å². The van der Waals surface area contributed by atoms with Crippen LogP contribution in [0.15, 0.2) is 48.5 Å². The second kappa shape index (κ2) is 7.84. The third-order valence-corrected chi connectivity index (χ3v) is 3.86. The standard InChI is InChI=1S/C19H22N2O3/c1-14(22)21-11-10-20-12-15-6-8-16(9-7-15)19-13-23-17-4-2-3-5-18(17)24-19/h2-9,19-20H,10-13H2,1H3,(H,21,22). The number of fused-ring (bicyclic) bond motifs is 1. The molecule has 1 aliphatic heterocycles. The molecule has 0 spiro atoms. The van der Waals surface area contributed by atoms with E-state index in [-0.39, 0.29) is 12.0 Å². The molecule has 1 atom stereocenters. The third-order valence-electron chi connectivity index (χ3n) is 3.86. The Morgan fingerprint density at radius 3 is 2.58 bits per heavy atom. The zero-order valence-electron chi connectivity index (χ0n) is 13.7. The Morgan fingerprint density at radius 1 is 1.08 bits per heavy atom. The maximum atomic E-state index is 10.8. The van der Waals surface area contributed by atoms with Gasteiger partial charge >= 0.3 is 0 Å². The Labute approximate surface area is 142 Å². The largest absolute Gasteiger partial charge is 0.485 e. The second-order valence-corrected chi connectivity index (χ2v) is 5.77. The Bertz CT molecular complexity index is 685. The van der Waals surface area contributed by atoms with E-state index in [9.17, 15) is 4.79 Å². The predicted octanol–water partition coefficient (Wildman–Crippen LogP) is 2.42. The third kappa shape index (κ3) is 4.26. The zero-order valence-corrected chi connectivity index (χ0v) is 13.7. The SMILES string of the molecule is CC(=O)NCCNCc1ccc(C2COc3ccccc3O2)cc1. The highest BCUT2D eigenvalue weighted by Gasteiger charge is 2.21. The first-order valence-electron chi connectivity index (χ1n) is 8.15. The van der Waals surface area contributed by atoms with Gasteiger partial charge in [0, 0.05) is 26.6 Å². The Kier molecular flexibility index (Phi) is 5.33. The Hall–Kier alpha value is -2.53. The minimum atomic E-state index is -0.0818. The molecule has 24 heavy (non-hydrogen) atoms. The molecule has 126 valence electrons. The van der Waals surface area contributed by atoms with Gasteiger partial charge in [0.05, 0.1) is 0 Å². The Morgan fingerprint density at radius 2 is 1.83 bits per heavy atom. The lowest BCUT2D eigenvalue weighted by Crippen LogP contribution is -2.29. The molecule has 0 aliphatic carbocycles. The quantitative estimate of drug-likeness (QED) is 0.801. The number of hydrogen-bond acceptors (Lipinski definition) is 4. The smallest absolute Gasteiger partial charge is 0.216 e. The molecule has 0 bridgehead atoms. The van der Waals surface area contributed by atoms with Crippen LogP contribution in [-0.2, 0) is 11.3 Å². The maximum absolute atomic E-state index is 10.8. The van der Waals surface area contributed by atoms with Crippen LogP contribution >= 0.6 is 0 Å². The first kappa shape index (κ1) is 16.3. The van der Waals surface area contributed by atoms with E-state index in [1.807, 2.05) is 24.3 Å². The lowest BCUT2D eigenvalue weighted by molar-refractivity contribution is -0.118. The van der Waals surface area contributed by atoms with Gasteiger partial charge in [-0.25, -0.2) is 0 Å². The summed E-state index contributed by atoms with van der Waals surface area (Å²) in [5.41, 5.74) is 2.30. The number of carbonyl (C=O) groups is 1. The molecule has 0 aromatic heterocycles. The fourth-order valence-electron chi connectivity index (χ4n) is 2.59. The van der Waals surface area contributed by atoms with Crippen molar-refractivity contribution >= 4 is 5.91 Å². The molecule has 0 saturated heterocycles. The second-order valence-electron chi connectivity index (χ2n) is 5.77. The summed E-state index contributed by atoms with van der Waals surface area (Å²) in [6.45, 7) is 4.20. The van der Waals surface area contributed by atoms with E-state index >= 15 is 0 Å². The fraction of sp³-hybridized carbons (Fsp3) is 0.316. The van der Waals surface area contributed by atoms with Gasteiger partial charge in [0.1, 0.15) is 6.61 Å². The molecule has 3 rings (SSSR count). The van der Waals surface area contributed by atoms with Crippen LogP contribution in [0.2, 0.25) is 0 Å². The van der Waals surface area contributed by atoms with Crippen LogP contribution in [0.3, 0.4) is 0 Å². The van der Waals surface area contributed by atoms with Gasteiger partial charge in [-0.15, -0.1) is 0 Å². The average Bonchev–Trinajstić information content (AvgIpc) is 2.61. The van der Waals surface area contributed by atoms with Crippen molar-refractivity contribution in [3.05, 3.63) is 59.7 Å². The summed E-state index contributed by atoms with van der Waals surface area (Å²) < 4.78 is 11.8. The number of carbonyl (C=O) groups excluding carboxylic acids is 1. The molecule has 0 radical (unpaired) electrons. The van der Waals surface area contributed by atoms with Gasteiger partial charge in [0.25, 0.3) is 0 Å². The number of ether oxygens (including phenoxy) is 2. The number of rotatable bonds is 6. The predicted molar refractivity (Wildman–Crippen MR) is 92.1 cm³/mol. The topological polar surface area (TPSA) is 59.6 Å². The lowest BCUT2D eigenvalue weighted by Gasteiger charge is -2.26. The van der Waals surface area contributed by atoms with Crippen molar-refractivity contribution in [1.29, 1.82) is 0 Å². The molecule has 0 saturated carbocycles. The molecule has 5 heteroatoms. The summed E-state index contributed by atoms with van der Waals surface area (Å²) in [7, 11) is 0. The van der Waals surface area contributed by atoms with Crippen LogP contribution in [0.25, 0.3) is 0 Å². The molecule has 1 unspecified atom stereocenters. The molecule has 0 fully saturated rings. The van der Waals surface area contributed by atoms with Crippen molar-refractivity contribution in [2.45, 2.75) is 19.6 Å². The van der Waals surface area contributed by atoms with E-state index in [0.717, 1.165) is 30.2 Å². The van der Waals surface area contributed by atoms with Crippen molar-refractivity contribution in [2.75, 3.05) is 19.7 Å². The van der Waals surface area contributed by atoms with Gasteiger partial charge in [-0.2, -0.15) is 0 Å². The molecule has 5 nitrogen and oxygen atoms in total. The van der Waals surface area contributed by atoms with Crippen LogP contribution in [0.5, 0.6) is 11.5 Å². The van der Waals surface area contributed by atoms with Crippen LogP contribution in [0.4, 0.5) is 0 Å². The summed E-state index contributed by atoms with van der Waals surface area (Å²) in [6.07, 6.45) is -0.0818. The highest BCUT2D eigenvalue weighted by atomic mass is 16.6. The summed E-state index contributed by atoms with van der Waals surface area (Å²) in [5, 5.41) is 6.06. The number of para-hydroxylation sites is 2. The number of nitrogens with one attached hydrogen (secondary N) is 2. The summed E-state index contributed by atoms with van der Waals surface area (Å²) >= 11 is 0. The number of amides is 1. The van der Waals surface area contributed by atoms with Gasteiger partial charge in [0.15, 0.2) is 17.6 Å². The van der Waals surface area contributed by atoms with Gasteiger partial charge in [0.2, 0.25) is 5.91 Å². The van der Waals surface area contributed by atoms with E-state index < -0.39 is 0 Å². The van der Waals surface area contributed by atoms with Crippen LogP contribution in [0, 0.1) is 0 Å². The monoisotopic (exact) mass is 326 g/mol. The summed E-state index contributed by atoms with van der Waals surface area (Å²) in [4.78, 5) is 10.8. The minimum Gasteiger partial charge on any atom is -0.485 e. The first-order valence-corrected chi connectivity index (χ1v) is 8.15. The normalized spacial score (nSPS) is 15.8. The molecule has 2 aromatic carbocycles. The molecule has 1 heterocycles. The summed E-state index contributed by atoms with van der Waals surface area (Å²) in [6, 6.07) is 16.1. The molecular weight excluding hydrogens is 304 g/mol. The van der Waals surface area contributed by atoms with Gasteiger partial charge in [-0.1, -0.05) is 36.4 Å². The van der Waals surface area contributed by atoms with Crippen molar-refractivity contribution < 1.29 is 14.3 Å². The van der Waals surface area contributed by atoms with Gasteiger partial charge in [-0.05, 0) is 23.3 Å². The number of benzene rings is 2. The summed E-state index contributed by atoms with van der Waals surface area (Å²) in [5.74, 6) is 1.59. The van der Waals surface area contributed by atoms with E-state index in [0.29, 0.717) is 13.2 Å². The van der Waals surface area contributed by atoms with E-state index in [1.54, 1.807) is 0 Å². The van der Waals surface area contributed by atoms with Crippen LogP contribution in [0.1, 0.15) is 24.2 Å². The van der Waals surface area contributed by atoms with E-state index in [4.69, 9.17) is 9.47 Å². The minimum absolute atomic E-state index is 0.00238. The molecule has 1 aliphatic rings. The van der Waals surface area contributed by atoms with Crippen molar-refractivity contribution in [3.63, 3.8) is 0 Å². The van der Waals surface area contributed by atoms with Crippen LogP contribution < -0.4 is 20.1 Å². The first-order chi connectivity index (χ1) is 11.7. The number of hydrogen-bond donors (Lipinski definition) is 2. The molecular formula is C19H22N2O3. The van der Waals surface area contributed by atoms with Crippen molar-refractivity contribution in [1.82, 2.24) is 10.6 Å². The Balaban J connectivity index is 1.51. The van der Waals surface area contributed by atoms with Crippen molar-refractivity contribution in [2.24, 2.45) is 0 Å². The maximum Gasteiger partial charge on any atom is 0.216 e. The molecule has 1 amide bonds. The van der Waals surface area contributed by atoms with E-state index in [2.05, 4.69) is 34.9 Å². The van der Waals surface area contributed by atoms with Crippen LogP contribution in [-0.4, -0.2) is 25.6 Å². The highest BCUT2D eigenvalue weighted by Crippen LogP contribution is 2.35. The zero-order chi connectivity index (χ0) is 16.8. The average molecular weight is 326 g/mol. The lowest BCUT2D eigenvalue weighted by atomic mass is 10.1. The van der Waals surface area contributed by atoms with Gasteiger partial charge < -0.3 is 20.1 Å². The van der Waals surface area contributed by atoms with E-state index in [1.165, 1.54) is 12.5 Å². The highest BCUT2D eigenvalue weighted by molar-refractivity contribution is 5.72. The fourth-order valence-corrected chi connectivity index (χ4v) is 2.59. The van der Waals surface area contributed by atoms with Crippen molar-refractivity contribution in [3.8, 4) is 11.5 Å². The molecule has 2 N–H and O–H groups in total. The molecule has 2 aromatic rings.